The summed E-state index contributed by atoms with van der Waals surface area (Å²) in [5, 5.41) is 7.58. The van der Waals surface area contributed by atoms with Gasteiger partial charge in [-0.3, -0.25) is 4.98 Å². The van der Waals surface area contributed by atoms with Gasteiger partial charge in [0.1, 0.15) is 18.4 Å². The number of anilines is 1. The van der Waals surface area contributed by atoms with E-state index in [0.717, 1.165) is 11.3 Å². The van der Waals surface area contributed by atoms with Crippen molar-refractivity contribution in [3.8, 4) is 5.75 Å². The van der Waals surface area contributed by atoms with Gasteiger partial charge in [0, 0.05) is 23.6 Å². The van der Waals surface area contributed by atoms with E-state index >= 15 is 0 Å². The molecule has 0 saturated carbocycles. The van der Waals surface area contributed by atoms with Crippen LogP contribution in [0.4, 0.5) is 5.69 Å². The van der Waals surface area contributed by atoms with Gasteiger partial charge >= 0.3 is 0 Å². The van der Waals surface area contributed by atoms with Crippen molar-refractivity contribution in [2.75, 3.05) is 5.32 Å². The molecule has 2 aromatic heterocycles. The number of hydrogen-bond donors (Lipinski definition) is 1. The van der Waals surface area contributed by atoms with Crippen LogP contribution in [-0.2, 0) is 6.61 Å². The second kappa shape index (κ2) is 7.31. The van der Waals surface area contributed by atoms with E-state index in [-0.39, 0.29) is 6.04 Å². The molecule has 6 nitrogen and oxygen atoms in total. The lowest BCUT2D eigenvalue weighted by Gasteiger charge is -2.13. The van der Waals surface area contributed by atoms with Crippen LogP contribution in [0.5, 0.6) is 5.75 Å². The molecule has 0 aliphatic heterocycles. The number of benzene rings is 1. The number of hydrogen-bond acceptors (Lipinski definition) is 6. The molecule has 1 N–H and O–H groups in total. The molecule has 0 bridgehead atoms. The van der Waals surface area contributed by atoms with Crippen molar-refractivity contribution in [2.45, 2.75) is 26.5 Å². The summed E-state index contributed by atoms with van der Waals surface area (Å²) in [6.45, 7) is 4.14. The van der Waals surface area contributed by atoms with Gasteiger partial charge in [0.05, 0.1) is 5.02 Å². The minimum Gasteiger partial charge on any atom is -0.487 e. The highest BCUT2D eigenvalue weighted by Gasteiger charge is 2.13. The van der Waals surface area contributed by atoms with Crippen LogP contribution in [0.15, 0.2) is 47.2 Å². The smallest absolute Gasteiger partial charge is 0.248 e. The van der Waals surface area contributed by atoms with E-state index in [2.05, 4.69) is 20.4 Å². The number of ether oxygens (including phenoxy) is 1. The lowest BCUT2D eigenvalue weighted by atomic mass is 10.2. The van der Waals surface area contributed by atoms with Crippen LogP contribution in [0.25, 0.3) is 0 Å². The van der Waals surface area contributed by atoms with Crippen LogP contribution in [0.3, 0.4) is 0 Å². The predicted molar refractivity (Wildman–Crippen MR) is 91.1 cm³/mol. The van der Waals surface area contributed by atoms with Crippen molar-refractivity contribution in [3.63, 3.8) is 0 Å². The standard InChI is InChI=1S/C17H17ClN4O2/c1-11(17-21-12(2)22-24-17)20-14-5-6-16(15(18)8-14)23-10-13-4-3-7-19-9-13/h3-9,11,20H,10H2,1-2H3/t11-/m1/s1. The summed E-state index contributed by atoms with van der Waals surface area (Å²) in [4.78, 5) is 8.26. The third-order valence-corrected chi connectivity index (χ3v) is 3.64. The molecule has 0 aliphatic carbocycles. The van der Waals surface area contributed by atoms with Gasteiger partial charge in [-0.1, -0.05) is 22.8 Å². The third kappa shape index (κ3) is 4.02. The maximum atomic E-state index is 6.30. The summed E-state index contributed by atoms with van der Waals surface area (Å²) >= 11 is 6.30. The summed E-state index contributed by atoms with van der Waals surface area (Å²) in [6, 6.07) is 9.22. The number of nitrogens with one attached hydrogen (secondary N) is 1. The maximum Gasteiger partial charge on any atom is 0.248 e. The first-order valence-electron chi connectivity index (χ1n) is 7.50. The largest absolute Gasteiger partial charge is 0.487 e. The lowest BCUT2D eigenvalue weighted by Crippen LogP contribution is -2.07. The van der Waals surface area contributed by atoms with Crippen molar-refractivity contribution in [1.82, 2.24) is 15.1 Å². The molecule has 1 atom stereocenters. The van der Waals surface area contributed by atoms with E-state index in [1.807, 2.05) is 31.2 Å². The number of nitrogens with zero attached hydrogens (tertiary/aromatic N) is 3. The molecule has 0 radical (unpaired) electrons. The lowest BCUT2D eigenvalue weighted by molar-refractivity contribution is 0.306. The van der Waals surface area contributed by atoms with Crippen LogP contribution in [0.1, 0.15) is 30.2 Å². The average molecular weight is 345 g/mol. The topological polar surface area (TPSA) is 73.1 Å². The monoisotopic (exact) mass is 344 g/mol. The van der Waals surface area contributed by atoms with E-state index in [1.54, 1.807) is 25.4 Å². The summed E-state index contributed by atoms with van der Waals surface area (Å²) in [7, 11) is 0. The molecule has 3 rings (SSSR count). The van der Waals surface area contributed by atoms with E-state index in [1.165, 1.54) is 0 Å². The van der Waals surface area contributed by atoms with Gasteiger partial charge in [0.15, 0.2) is 5.82 Å². The molecule has 0 saturated heterocycles. The van der Waals surface area contributed by atoms with Gasteiger partial charge in [-0.15, -0.1) is 0 Å². The van der Waals surface area contributed by atoms with E-state index in [4.69, 9.17) is 20.9 Å². The molecule has 7 heteroatoms. The molecule has 0 aliphatic rings. The summed E-state index contributed by atoms with van der Waals surface area (Å²) in [6.07, 6.45) is 3.49. The molecule has 0 spiro atoms. The van der Waals surface area contributed by atoms with Gasteiger partial charge in [-0.25, -0.2) is 0 Å². The Bertz CT molecular complexity index is 807. The highest BCUT2D eigenvalue weighted by molar-refractivity contribution is 6.32. The summed E-state index contributed by atoms with van der Waals surface area (Å²) in [5.74, 6) is 1.75. The van der Waals surface area contributed by atoms with Gasteiger partial charge in [-0.2, -0.15) is 4.98 Å². The van der Waals surface area contributed by atoms with Crippen LogP contribution in [0, 0.1) is 6.92 Å². The van der Waals surface area contributed by atoms with Crippen molar-refractivity contribution in [2.24, 2.45) is 0 Å². The molecule has 2 heterocycles. The molecular formula is C17H17ClN4O2. The second-order valence-electron chi connectivity index (χ2n) is 5.34. The fraction of sp³-hybridized carbons (Fsp3) is 0.235. The molecule has 124 valence electrons. The zero-order valence-corrected chi connectivity index (χ0v) is 14.1. The molecule has 24 heavy (non-hydrogen) atoms. The van der Waals surface area contributed by atoms with Gasteiger partial charge < -0.3 is 14.6 Å². The SMILES string of the molecule is Cc1noc([C@@H](C)Nc2ccc(OCc3cccnc3)c(Cl)c2)n1. The molecule has 1 aromatic carbocycles. The van der Waals surface area contributed by atoms with Crippen molar-refractivity contribution in [3.05, 3.63) is 65.0 Å². The minimum absolute atomic E-state index is 0.121. The first-order chi connectivity index (χ1) is 11.6. The summed E-state index contributed by atoms with van der Waals surface area (Å²) < 4.78 is 10.9. The zero-order chi connectivity index (χ0) is 16.9. The Morgan fingerprint density at radius 3 is 2.88 bits per heavy atom. The third-order valence-electron chi connectivity index (χ3n) is 3.35. The molecular weight excluding hydrogens is 328 g/mol. The fourth-order valence-electron chi connectivity index (χ4n) is 2.15. The Morgan fingerprint density at radius 2 is 2.21 bits per heavy atom. The van der Waals surface area contributed by atoms with Crippen molar-refractivity contribution in [1.29, 1.82) is 0 Å². The zero-order valence-electron chi connectivity index (χ0n) is 13.4. The average Bonchev–Trinajstić information content (AvgIpc) is 3.02. The van der Waals surface area contributed by atoms with E-state index in [0.29, 0.717) is 29.1 Å². The second-order valence-corrected chi connectivity index (χ2v) is 5.75. The maximum absolute atomic E-state index is 6.30. The first-order valence-corrected chi connectivity index (χ1v) is 7.87. The van der Waals surface area contributed by atoms with Crippen LogP contribution >= 0.6 is 11.6 Å². The van der Waals surface area contributed by atoms with E-state index < -0.39 is 0 Å². The Morgan fingerprint density at radius 1 is 1.33 bits per heavy atom. The van der Waals surface area contributed by atoms with Crippen LogP contribution in [0.2, 0.25) is 5.02 Å². The Balaban J connectivity index is 1.64. The normalized spacial score (nSPS) is 12.0. The minimum atomic E-state index is -0.121. The first kappa shape index (κ1) is 16.3. The number of aryl methyl sites for hydroxylation is 1. The van der Waals surface area contributed by atoms with Gasteiger partial charge in [-0.05, 0) is 38.1 Å². The predicted octanol–water partition coefficient (Wildman–Crippen LogP) is 4.18. The van der Waals surface area contributed by atoms with Crippen molar-refractivity contribution >= 4 is 17.3 Å². The molecule has 0 amide bonds. The fourth-order valence-corrected chi connectivity index (χ4v) is 2.39. The number of rotatable bonds is 6. The molecule has 0 unspecified atom stereocenters. The molecule has 0 fully saturated rings. The van der Waals surface area contributed by atoms with Gasteiger partial charge in [0.2, 0.25) is 5.89 Å². The van der Waals surface area contributed by atoms with Crippen molar-refractivity contribution < 1.29 is 9.26 Å². The highest BCUT2D eigenvalue weighted by atomic mass is 35.5. The highest BCUT2D eigenvalue weighted by Crippen LogP contribution is 2.29. The number of aromatic nitrogens is 3. The Labute approximate surface area is 144 Å². The Kier molecular flexibility index (Phi) is 4.96. The van der Waals surface area contributed by atoms with E-state index in [9.17, 15) is 0 Å². The van der Waals surface area contributed by atoms with Gasteiger partial charge in [0.25, 0.3) is 0 Å². The quantitative estimate of drug-likeness (QED) is 0.723. The number of pyridine rings is 1. The molecule has 3 aromatic rings. The van der Waals surface area contributed by atoms with Crippen LogP contribution < -0.4 is 10.1 Å². The Hall–Kier alpha value is -2.60. The number of halogens is 1. The summed E-state index contributed by atoms with van der Waals surface area (Å²) in [5.41, 5.74) is 1.83. The van der Waals surface area contributed by atoms with Crippen LogP contribution in [-0.4, -0.2) is 15.1 Å².